The lowest BCUT2D eigenvalue weighted by Crippen LogP contribution is -2.57. The van der Waals surface area contributed by atoms with Crippen LogP contribution in [0.25, 0.3) is 10.9 Å². The van der Waals surface area contributed by atoms with Crippen LogP contribution in [-0.2, 0) is 6.54 Å². The minimum atomic E-state index is -0.0773. The summed E-state index contributed by atoms with van der Waals surface area (Å²) in [6.45, 7) is 6.05. The van der Waals surface area contributed by atoms with Crippen molar-refractivity contribution in [3.05, 3.63) is 23.9 Å². The number of aryl methyl sites for hydroxylation is 1. The Morgan fingerprint density at radius 1 is 1.39 bits per heavy atom. The van der Waals surface area contributed by atoms with E-state index in [2.05, 4.69) is 15.3 Å². The first-order valence-electron chi connectivity index (χ1n) is 8.45. The fourth-order valence-corrected chi connectivity index (χ4v) is 3.97. The van der Waals surface area contributed by atoms with Crippen LogP contribution in [-0.4, -0.2) is 46.3 Å². The van der Waals surface area contributed by atoms with E-state index < -0.39 is 0 Å². The summed E-state index contributed by atoms with van der Waals surface area (Å²) < 4.78 is 1.86. The molecule has 122 valence electrons. The van der Waals surface area contributed by atoms with Crippen molar-refractivity contribution in [2.45, 2.75) is 32.4 Å². The number of aromatic nitrogens is 2. The van der Waals surface area contributed by atoms with Crippen LogP contribution in [0.15, 0.2) is 18.2 Å². The molecule has 3 aliphatic heterocycles. The van der Waals surface area contributed by atoms with Crippen LogP contribution in [0.3, 0.4) is 0 Å². The molecule has 1 atom stereocenters. The van der Waals surface area contributed by atoms with Crippen LogP contribution >= 0.6 is 0 Å². The van der Waals surface area contributed by atoms with Crippen LogP contribution in [0.2, 0.25) is 0 Å². The Balaban J connectivity index is 1.63. The monoisotopic (exact) mass is 313 g/mol. The number of hydrogen-bond donors (Lipinski definition) is 2. The summed E-state index contributed by atoms with van der Waals surface area (Å²) >= 11 is 0. The van der Waals surface area contributed by atoms with Gasteiger partial charge in [0, 0.05) is 30.2 Å². The van der Waals surface area contributed by atoms with Gasteiger partial charge in [0.15, 0.2) is 5.69 Å². The zero-order chi connectivity index (χ0) is 16.0. The maximum Gasteiger partial charge on any atom is 0.272 e. The van der Waals surface area contributed by atoms with Crippen LogP contribution in [0.4, 0.5) is 5.69 Å². The van der Waals surface area contributed by atoms with Crippen molar-refractivity contribution in [2.24, 2.45) is 5.92 Å². The predicted octanol–water partition coefficient (Wildman–Crippen LogP) is 1.46. The van der Waals surface area contributed by atoms with Crippen molar-refractivity contribution in [1.82, 2.24) is 20.0 Å². The molecule has 6 heteroatoms. The lowest BCUT2D eigenvalue weighted by atomic mass is 9.84. The second-order valence-corrected chi connectivity index (χ2v) is 6.66. The van der Waals surface area contributed by atoms with Crippen molar-refractivity contribution in [3.63, 3.8) is 0 Å². The smallest absolute Gasteiger partial charge is 0.272 e. The summed E-state index contributed by atoms with van der Waals surface area (Å²) in [7, 11) is 0. The summed E-state index contributed by atoms with van der Waals surface area (Å²) in [4.78, 5) is 15.2. The molecule has 3 saturated heterocycles. The number of hydrogen-bond acceptors (Lipinski definition) is 4. The van der Waals surface area contributed by atoms with Gasteiger partial charge in [-0.2, -0.15) is 5.10 Å². The first-order valence-corrected chi connectivity index (χ1v) is 8.45. The van der Waals surface area contributed by atoms with E-state index in [1.54, 1.807) is 0 Å². The third-order valence-corrected chi connectivity index (χ3v) is 5.26. The minimum Gasteiger partial charge on any atom is -0.399 e. The largest absolute Gasteiger partial charge is 0.399 e. The highest BCUT2D eigenvalue weighted by Crippen LogP contribution is 2.28. The Labute approximate surface area is 135 Å². The van der Waals surface area contributed by atoms with Crippen molar-refractivity contribution in [3.8, 4) is 0 Å². The number of nitrogen functional groups attached to an aromatic ring is 1. The predicted molar refractivity (Wildman–Crippen MR) is 90.2 cm³/mol. The van der Waals surface area contributed by atoms with Crippen LogP contribution in [0.1, 0.15) is 30.3 Å². The molecule has 1 aromatic carbocycles. The van der Waals surface area contributed by atoms with E-state index in [1.165, 1.54) is 25.9 Å². The highest BCUT2D eigenvalue weighted by molar-refractivity contribution is 6.05. The molecule has 0 radical (unpaired) electrons. The summed E-state index contributed by atoms with van der Waals surface area (Å²) in [6.07, 6.45) is 2.37. The van der Waals surface area contributed by atoms with E-state index in [-0.39, 0.29) is 11.9 Å². The van der Waals surface area contributed by atoms with Crippen LogP contribution in [0.5, 0.6) is 0 Å². The third-order valence-electron chi connectivity index (χ3n) is 5.26. The number of carbonyl (C=O) groups excluding carboxylic acids is 1. The molecule has 4 heterocycles. The first kappa shape index (κ1) is 14.5. The summed E-state index contributed by atoms with van der Waals surface area (Å²) in [6, 6.07) is 5.88. The topological polar surface area (TPSA) is 76.2 Å². The van der Waals surface area contributed by atoms with Crippen molar-refractivity contribution in [2.75, 3.05) is 25.4 Å². The summed E-state index contributed by atoms with van der Waals surface area (Å²) in [5.41, 5.74) is 8.01. The number of nitrogens with zero attached hydrogens (tertiary/aromatic N) is 3. The number of anilines is 1. The zero-order valence-electron chi connectivity index (χ0n) is 13.5. The Kier molecular flexibility index (Phi) is 3.49. The van der Waals surface area contributed by atoms with Crippen molar-refractivity contribution in [1.29, 1.82) is 0 Å². The second-order valence-electron chi connectivity index (χ2n) is 6.66. The van der Waals surface area contributed by atoms with Gasteiger partial charge in [-0.05, 0) is 57.0 Å². The highest BCUT2D eigenvalue weighted by Gasteiger charge is 2.35. The molecule has 3 aliphatic rings. The van der Waals surface area contributed by atoms with Gasteiger partial charge in [-0.15, -0.1) is 0 Å². The number of piperidine rings is 3. The highest BCUT2D eigenvalue weighted by atomic mass is 16.2. The first-order chi connectivity index (χ1) is 11.2. The number of fused-ring (bicyclic) bond motifs is 4. The molecule has 0 spiro atoms. The molecule has 3 fully saturated rings. The number of nitrogens with two attached hydrogens (primary N) is 1. The average molecular weight is 313 g/mol. The molecule has 3 N–H and O–H groups in total. The average Bonchev–Trinajstić information content (AvgIpc) is 2.94. The minimum absolute atomic E-state index is 0.0773. The van der Waals surface area contributed by atoms with Gasteiger partial charge in [0.25, 0.3) is 5.91 Å². The number of amides is 1. The van der Waals surface area contributed by atoms with E-state index in [9.17, 15) is 4.79 Å². The second kappa shape index (κ2) is 5.53. The fourth-order valence-electron chi connectivity index (χ4n) is 3.97. The standard InChI is InChI=1S/C17H23N5O/c1-2-22-15-4-3-12(18)9-13(15)16(20-22)17(23)19-14-10-21-7-5-11(14)6-8-21/h3-4,9,11,14H,2,5-8,10,18H2,1H3,(H,19,23)/t14-/m1/s1. The number of nitrogens with one attached hydrogen (secondary N) is 1. The molecule has 2 bridgehead atoms. The lowest BCUT2D eigenvalue weighted by Gasteiger charge is -2.44. The third kappa shape index (κ3) is 2.47. The van der Waals surface area contributed by atoms with E-state index in [1.807, 2.05) is 29.8 Å². The van der Waals surface area contributed by atoms with Gasteiger partial charge in [-0.25, -0.2) is 0 Å². The molecule has 0 unspecified atom stereocenters. The van der Waals surface area contributed by atoms with Crippen LogP contribution < -0.4 is 11.1 Å². The molecular formula is C17H23N5O. The molecule has 0 aliphatic carbocycles. The Morgan fingerprint density at radius 2 is 2.17 bits per heavy atom. The van der Waals surface area contributed by atoms with Crippen molar-refractivity contribution >= 4 is 22.5 Å². The van der Waals surface area contributed by atoms with Gasteiger partial charge in [0.2, 0.25) is 0 Å². The van der Waals surface area contributed by atoms with Gasteiger partial charge >= 0.3 is 0 Å². The number of carbonyl (C=O) groups is 1. The molecular weight excluding hydrogens is 290 g/mol. The normalized spacial score (nSPS) is 26.6. The van der Waals surface area contributed by atoms with Gasteiger partial charge in [0.1, 0.15) is 0 Å². The maximum absolute atomic E-state index is 12.8. The molecule has 6 nitrogen and oxygen atoms in total. The maximum atomic E-state index is 12.8. The van der Waals surface area contributed by atoms with Gasteiger partial charge in [-0.3, -0.25) is 9.48 Å². The summed E-state index contributed by atoms with van der Waals surface area (Å²) in [5, 5.41) is 8.57. The SMILES string of the molecule is CCn1nc(C(=O)N[C@@H]2CN3CCC2CC3)c2cc(N)ccc21. The Hall–Kier alpha value is -2.08. The molecule has 0 saturated carbocycles. The number of benzene rings is 1. The molecule has 1 amide bonds. The quantitative estimate of drug-likeness (QED) is 0.841. The molecule has 2 aromatic rings. The van der Waals surface area contributed by atoms with E-state index in [0.717, 1.165) is 24.0 Å². The molecule has 23 heavy (non-hydrogen) atoms. The summed E-state index contributed by atoms with van der Waals surface area (Å²) in [5.74, 6) is 0.528. The van der Waals surface area contributed by atoms with E-state index in [0.29, 0.717) is 17.3 Å². The van der Waals surface area contributed by atoms with Gasteiger partial charge in [0.05, 0.1) is 5.52 Å². The van der Waals surface area contributed by atoms with Crippen LogP contribution in [0, 0.1) is 5.92 Å². The zero-order valence-corrected chi connectivity index (χ0v) is 13.5. The molecule has 1 aromatic heterocycles. The van der Waals surface area contributed by atoms with Crippen molar-refractivity contribution < 1.29 is 4.79 Å². The van der Waals surface area contributed by atoms with E-state index in [4.69, 9.17) is 5.73 Å². The number of rotatable bonds is 3. The fraction of sp³-hybridized carbons (Fsp3) is 0.529. The van der Waals surface area contributed by atoms with E-state index >= 15 is 0 Å². The Bertz CT molecular complexity index is 745. The Morgan fingerprint density at radius 3 is 2.83 bits per heavy atom. The van der Waals surface area contributed by atoms with Gasteiger partial charge < -0.3 is 16.0 Å². The van der Waals surface area contributed by atoms with Gasteiger partial charge in [-0.1, -0.05) is 0 Å². The molecule has 5 rings (SSSR count). The lowest BCUT2D eigenvalue weighted by molar-refractivity contribution is 0.0618.